The van der Waals surface area contributed by atoms with Crippen LogP contribution < -0.4 is 0 Å². The van der Waals surface area contributed by atoms with E-state index < -0.39 is 9.84 Å². The van der Waals surface area contributed by atoms with E-state index in [0.717, 1.165) is 6.26 Å². The number of aromatic nitrogens is 2. The van der Waals surface area contributed by atoms with Crippen LogP contribution in [0.25, 0.3) is 17.1 Å². The molecule has 1 aromatic carbocycles. The number of ketones is 1. The summed E-state index contributed by atoms with van der Waals surface area (Å²) in [5.41, 5.74) is 1.95. The van der Waals surface area contributed by atoms with Gasteiger partial charge in [0.05, 0.1) is 0 Å². The van der Waals surface area contributed by atoms with E-state index >= 15 is 0 Å². The second kappa shape index (κ2) is 6.34. The first-order valence-electron chi connectivity index (χ1n) is 7.29. The number of benzene rings is 1. The number of hydrogen-bond acceptors (Lipinski definition) is 5. The number of rotatable bonds is 4. The fourth-order valence-electron chi connectivity index (χ4n) is 2.44. The summed E-state index contributed by atoms with van der Waals surface area (Å²) >= 11 is 0. The van der Waals surface area contributed by atoms with Crippen molar-refractivity contribution in [3.63, 3.8) is 0 Å². The van der Waals surface area contributed by atoms with Crippen LogP contribution >= 0.6 is 0 Å². The molecule has 0 saturated heterocycles. The van der Waals surface area contributed by atoms with Crippen molar-refractivity contribution in [2.24, 2.45) is 0 Å². The molecule has 7 heteroatoms. The van der Waals surface area contributed by atoms with Gasteiger partial charge in [-0.3, -0.25) is 4.79 Å². The molecule has 0 aliphatic rings. The summed E-state index contributed by atoms with van der Waals surface area (Å²) in [6, 6.07) is 11.7. The van der Waals surface area contributed by atoms with Gasteiger partial charge in [0.2, 0.25) is 0 Å². The number of sulfone groups is 1. The highest BCUT2D eigenvalue weighted by Gasteiger charge is 2.15. The van der Waals surface area contributed by atoms with Crippen molar-refractivity contribution in [1.29, 1.82) is 5.26 Å². The van der Waals surface area contributed by atoms with Gasteiger partial charge in [-0.05, 0) is 29.8 Å². The van der Waals surface area contributed by atoms with Gasteiger partial charge in [0.1, 0.15) is 16.6 Å². The number of aromatic amines is 1. The van der Waals surface area contributed by atoms with Crippen LogP contribution in [0.5, 0.6) is 0 Å². The van der Waals surface area contributed by atoms with Crippen LogP contribution in [-0.2, 0) is 9.84 Å². The lowest BCUT2D eigenvalue weighted by atomic mass is 10.0. The van der Waals surface area contributed by atoms with Crippen LogP contribution in [0.4, 0.5) is 0 Å². The number of nitriles is 1. The third-order valence-electron chi connectivity index (χ3n) is 3.65. The van der Waals surface area contributed by atoms with Crippen molar-refractivity contribution in [3.8, 4) is 6.07 Å². The Labute approximate surface area is 144 Å². The van der Waals surface area contributed by atoms with Gasteiger partial charge in [0.25, 0.3) is 0 Å². The summed E-state index contributed by atoms with van der Waals surface area (Å²) in [7, 11) is -3.62. The van der Waals surface area contributed by atoms with E-state index in [2.05, 4.69) is 9.97 Å². The highest BCUT2D eigenvalue weighted by molar-refractivity contribution is 7.95. The maximum Gasteiger partial charge on any atom is 0.195 e. The number of nitrogens with zero attached hydrogens (tertiary/aromatic N) is 2. The lowest BCUT2D eigenvalue weighted by molar-refractivity contribution is 0.104. The van der Waals surface area contributed by atoms with Crippen LogP contribution in [-0.4, -0.2) is 30.4 Å². The largest absolute Gasteiger partial charge is 0.345 e. The van der Waals surface area contributed by atoms with Crippen molar-refractivity contribution in [2.45, 2.75) is 0 Å². The van der Waals surface area contributed by atoms with Gasteiger partial charge in [0.15, 0.2) is 15.6 Å². The predicted molar refractivity (Wildman–Crippen MR) is 94.4 cm³/mol. The lowest BCUT2D eigenvalue weighted by Gasteiger charge is -2.02. The van der Waals surface area contributed by atoms with Gasteiger partial charge >= 0.3 is 0 Å². The highest BCUT2D eigenvalue weighted by Crippen LogP contribution is 2.21. The first kappa shape index (κ1) is 16.6. The highest BCUT2D eigenvalue weighted by atomic mass is 32.2. The predicted octanol–water partition coefficient (Wildman–Crippen LogP) is 2.70. The average Bonchev–Trinajstić information content (AvgIpc) is 3.02. The Hall–Kier alpha value is -3.24. The minimum atomic E-state index is -3.62. The first-order chi connectivity index (χ1) is 11.9. The standard InChI is InChI=1S/C18H13N3O3S/c1-25(23,24)14(10-19)9-12-4-2-5-13(8-12)17(22)16-11-21-18-15(16)6-3-7-20-18/h2-9,11H,1H3,(H,20,21)/b14-9+. The van der Waals surface area contributed by atoms with E-state index in [0.29, 0.717) is 27.7 Å². The van der Waals surface area contributed by atoms with Gasteiger partial charge in [-0.1, -0.05) is 18.2 Å². The molecule has 3 rings (SSSR count). The van der Waals surface area contributed by atoms with Crippen molar-refractivity contribution in [3.05, 3.63) is 70.4 Å². The second-order valence-electron chi connectivity index (χ2n) is 5.45. The van der Waals surface area contributed by atoms with E-state index in [4.69, 9.17) is 5.26 Å². The molecule has 0 radical (unpaired) electrons. The van der Waals surface area contributed by atoms with Crippen molar-refractivity contribution in [2.75, 3.05) is 6.26 Å². The maximum atomic E-state index is 12.8. The molecule has 0 bridgehead atoms. The van der Waals surface area contributed by atoms with E-state index in [1.807, 2.05) is 0 Å². The number of carbonyl (C=O) groups is 1. The zero-order valence-corrected chi connectivity index (χ0v) is 14.0. The van der Waals surface area contributed by atoms with Crippen LogP contribution in [0.3, 0.4) is 0 Å². The molecule has 3 aromatic rings. The van der Waals surface area contributed by atoms with Crippen molar-refractivity contribution >= 4 is 32.7 Å². The lowest BCUT2D eigenvalue weighted by Crippen LogP contribution is -2.01. The van der Waals surface area contributed by atoms with E-state index in [1.165, 1.54) is 6.08 Å². The quantitative estimate of drug-likeness (QED) is 0.575. The van der Waals surface area contributed by atoms with Gasteiger partial charge in [-0.25, -0.2) is 13.4 Å². The zero-order valence-electron chi connectivity index (χ0n) is 13.2. The minimum Gasteiger partial charge on any atom is -0.345 e. The smallest absolute Gasteiger partial charge is 0.195 e. The molecule has 124 valence electrons. The third kappa shape index (κ3) is 3.34. The molecule has 6 nitrogen and oxygen atoms in total. The number of pyridine rings is 1. The molecule has 0 aliphatic carbocycles. The molecule has 0 spiro atoms. The average molecular weight is 351 g/mol. The van der Waals surface area contributed by atoms with Crippen LogP contribution in [0, 0.1) is 11.3 Å². The molecule has 0 fully saturated rings. The van der Waals surface area contributed by atoms with Crippen LogP contribution in [0.2, 0.25) is 0 Å². The number of nitrogens with one attached hydrogen (secondary N) is 1. The van der Waals surface area contributed by atoms with E-state index in [-0.39, 0.29) is 10.7 Å². The van der Waals surface area contributed by atoms with Crippen molar-refractivity contribution in [1.82, 2.24) is 9.97 Å². The number of allylic oxidation sites excluding steroid dienone is 1. The maximum absolute atomic E-state index is 12.8. The number of H-pyrrole nitrogens is 1. The summed E-state index contributed by atoms with van der Waals surface area (Å²) in [6.07, 6.45) is 5.45. The first-order valence-corrected chi connectivity index (χ1v) is 9.18. The topological polar surface area (TPSA) is 104 Å². The summed E-state index contributed by atoms with van der Waals surface area (Å²) in [5.74, 6) is -0.215. The zero-order chi connectivity index (χ0) is 18.0. The summed E-state index contributed by atoms with van der Waals surface area (Å²) in [6.45, 7) is 0. The van der Waals surface area contributed by atoms with Crippen LogP contribution in [0.1, 0.15) is 21.5 Å². The normalized spacial score (nSPS) is 12.1. The van der Waals surface area contributed by atoms with Gasteiger partial charge in [-0.2, -0.15) is 5.26 Å². The Bertz CT molecular complexity index is 1150. The second-order valence-corrected chi connectivity index (χ2v) is 7.43. The molecular formula is C18H13N3O3S. The number of fused-ring (bicyclic) bond motifs is 1. The van der Waals surface area contributed by atoms with E-state index in [9.17, 15) is 13.2 Å². The Morgan fingerprint density at radius 2 is 2.08 bits per heavy atom. The summed E-state index contributed by atoms with van der Waals surface area (Å²) < 4.78 is 23.1. The molecular weight excluding hydrogens is 338 g/mol. The van der Waals surface area contributed by atoms with Crippen molar-refractivity contribution < 1.29 is 13.2 Å². The SMILES string of the molecule is CS(=O)(=O)/C(C#N)=C/c1cccc(C(=O)c2c[nH]c3ncccc23)c1. The summed E-state index contributed by atoms with van der Waals surface area (Å²) in [5, 5.41) is 9.71. The Morgan fingerprint density at radius 1 is 1.28 bits per heavy atom. The molecule has 0 amide bonds. The fraction of sp³-hybridized carbons (Fsp3) is 0.0556. The molecule has 0 unspecified atom stereocenters. The summed E-state index contributed by atoms with van der Waals surface area (Å²) in [4.78, 5) is 19.5. The Kier molecular flexibility index (Phi) is 4.21. The molecule has 0 aliphatic heterocycles. The van der Waals surface area contributed by atoms with Gasteiger partial charge in [-0.15, -0.1) is 0 Å². The minimum absolute atomic E-state index is 0.215. The van der Waals surface area contributed by atoms with E-state index in [1.54, 1.807) is 54.9 Å². The van der Waals surface area contributed by atoms with Gasteiger partial charge < -0.3 is 4.98 Å². The molecule has 0 atom stereocenters. The molecule has 25 heavy (non-hydrogen) atoms. The monoisotopic (exact) mass is 351 g/mol. The molecule has 1 N–H and O–H groups in total. The van der Waals surface area contributed by atoms with Gasteiger partial charge in [0, 0.05) is 35.2 Å². The number of carbonyl (C=O) groups excluding carboxylic acids is 1. The molecule has 0 saturated carbocycles. The molecule has 2 heterocycles. The third-order valence-corrected chi connectivity index (χ3v) is 4.66. The number of hydrogen-bond donors (Lipinski definition) is 1. The van der Waals surface area contributed by atoms with Crippen LogP contribution in [0.15, 0.2) is 53.7 Å². The fourth-order valence-corrected chi connectivity index (χ4v) is 2.96. The molecule has 2 aromatic heterocycles. The Balaban J connectivity index is 2.04. The Morgan fingerprint density at radius 3 is 2.80 bits per heavy atom.